The van der Waals surface area contributed by atoms with Gasteiger partial charge in [0.1, 0.15) is 15.4 Å². The molecule has 0 fully saturated rings. The van der Waals surface area contributed by atoms with Crippen LogP contribution in [0.2, 0.25) is 0 Å². The molecule has 0 unspecified atom stereocenters. The fourth-order valence-electron chi connectivity index (χ4n) is 3.54. The third-order valence-corrected chi connectivity index (χ3v) is 7.30. The zero-order valence-electron chi connectivity index (χ0n) is 18.7. The predicted octanol–water partition coefficient (Wildman–Crippen LogP) is 4.42. The lowest BCUT2D eigenvalue weighted by atomic mass is 10.0. The molecule has 14 heteroatoms. The number of aryl methyl sites for hydroxylation is 3. The number of fused-ring (bicyclic) bond motifs is 1. The number of halogens is 4. The van der Waals surface area contributed by atoms with Crippen LogP contribution in [0.3, 0.4) is 0 Å². The quantitative estimate of drug-likeness (QED) is 0.356. The number of anilines is 1. The molecule has 184 valence electrons. The van der Waals surface area contributed by atoms with Gasteiger partial charge < -0.3 is 11.1 Å². The Morgan fingerprint density at radius 3 is 2.51 bits per heavy atom. The topological polar surface area (TPSA) is 121 Å². The minimum atomic E-state index is -4.73. The van der Waals surface area contributed by atoms with Crippen LogP contribution in [0.4, 0.5) is 18.9 Å². The first kappa shape index (κ1) is 24.9. The van der Waals surface area contributed by atoms with E-state index < -0.39 is 23.7 Å². The summed E-state index contributed by atoms with van der Waals surface area (Å²) in [7, 11) is 1.66. The molecular formula is C21H19BrF3N7O2S. The largest absolute Gasteiger partial charge is 0.433 e. The summed E-state index contributed by atoms with van der Waals surface area (Å²) in [6.07, 6.45) is -1.58. The van der Waals surface area contributed by atoms with Crippen molar-refractivity contribution in [1.29, 1.82) is 0 Å². The van der Waals surface area contributed by atoms with Gasteiger partial charge in [-0.2, -0.15) is 23.4 Å². The van der Waals surface area contributed by atoms with Crippen molar-refractivity contribution < 1.29 is 22.8 Å². The van der Waals surface area contributed by atoms with Gasteiger partial charge in [0.25, 0.3) is 5.91 Å². The Kier molecular flexibility index (Phi) is 6.44. The molecule has 0 aliphatic rings. The second kappa shape index (κ2) is 9.07. The number of carbonyl (C=O) groups is 2. The molecule has 3 N–H and O–H groups in total. The van der Waals surface area contributed by atoms with Gasteiger partial charge in [0.05, 0.1) is 22.1 Å². The second-order valence-corrected chi connectivity index (χ2v) is 9.65. The zero-order chi connectivity index (χ0) is 25.7. The molecule has 0 spiro atoms. The molecular weight excluding hydrogens is 551 g/mol. The highest BCUT2D eigenvalue weighted by molar-refractivity contribution is 9.10. The van der Waals surface area contributed by atoms with Crippen LogP contribution in [0.25, 0.3) is 21.3 Å². The molecule has 0 aliphatic heterocycles. The van der Waals surface area contributed by atoms with E-state index in [1.807, 2.05) is 0 Å². The second-order valence-electron chi connectivity index (χ2n) is 7.79. The molecule has 0 radical (unpaired) electrons. The molecule has 0 bridgehead atoms. The number of hydrogen-bond donors (Lipinski definition) is 2. The van der Waals surface area contributed by atoms with Crippen molar-refractivity contribution in [2.24, 2.45) is 12.8 Å². The van der Waals surface area contributed by atoms with Crippen molar-refractivity contribution in [1.82, 2.24) is 24.5 Å². The maximum Gasteiger partial charge on any atom is 0.433 e. The third-order valence-electron chi connectivity index (χ3n) is 5.42. The van der Waals surface area contributed by atoms with Crippen LogP contribution >= 0.6 is 27.3 Å². The predicted molar refractivity (Wildman–Crippen MR) is 128 cm³/mol. The average Bonchev–Trinajstić information content (AvgIpc) is 3.41. The number of nitrogens with one attached hydrogen (secondary N) is 1. The normalized spacial score (nSPS) is 11.9. The van der Waals surface area contributed by atoms with E-state index in [0.717, 1.165) is 16.2 Å². The average molecular weight is 570 g/mol. The van der Waals surface area contributed by atoms with E-state index in [1.165, 1.54) is 10.9 Å². The number of pyridine rings is 1. The van der Waals surface area contributed by atoms with Crippen LogP contribution in [-0.4, -0.2) is 36.4 Å². The summed E-state index contributed by atoms with van der Waals surface area (Å²) in [6.45, 7) is 3.75. The van der Waals surface area contributed by atoms with Crippen molar-refractivity contribution in [3.05, 3.63) is 44.9 Å². The number of thiophene rings is 1. The van der Waals surface area contributed by atoms with Crippen molar-refractivity contribution in [2.75, 3.05) is 5.32 Å². The summed E-state index contributed by atoms with van der Waals surface area (Å²) < 4.78 is 44.8. The number of hydrogen-bond acceptors (Lipinski definition) is 6. The van der Waals surface area contributed by atoms with E-state index >= 15 is 0 Å². The van der Waals surface area contributed by atoms with Crippen molar-refractivity contribution in [3.63, 3.8) is 0 Å². The number of nitrogens with zero attached hydrogens (tertiary/aromatic N) is 5. The van der Waals surface area contributed by atoms with Gasteiger partial charge in [-0.15, -0.1) is 11.3 Å². The van der Waals surface area contributed by atoms with Crippen LogP contribution in [0, 0.1) is 13.8 Å². The number of nitrogens with two attached hydrogens (primary N) is 1. The number of amides is 2. The molecule has 9 nitrogen and oxygen atoms in total. The summed E-state index contributed by atoms with van der Waals surface area (Å²) in [6, 6.07) is 0.892. The molecule has 4 aromatic rings. The highest BCUT2D eigenvalue weighted by Crippen LogP contribution is 2.44. The third kappa shape index (κ3) is 4.80. The van der Waals surface area contributed by atoms with Crippen LogP contribution in [0.5, 0.6) is 0 Å². The fourth-order valence-corrected chi connectivity index (χ4v) is 4.86. The molecule has 0 atom stereocenters. The van der Waals surface area contributed by atoms with Gasteiger partial charge in [0, 0.05) is 42.9 Å². The van der Waals surface area contributed by atoms with Gasteiger partial charge in [-0.25, -0.2) is 4.98 Å². The summed E-state index contributed by atoms with van der Waals surface area (Å²) in [5.74, 6) is -1.36. The number of aromatic nitrogens is 5. The first-order chi connectivity index (χ1) is 16.4. The van der Waals surface area contributed by atoms with E-state index in [1.54, 1.807) is 31.8 Å². The van der Waals surface area contributed by atoms with Gasteiger partial charge in [0.2, 0.25) is 5.91 Å². The molecule has 4 heterocycles. The highest BCUT2D eigenvalue weighted by atomic mass is 79.9. The lowest BCUT2D eigenvalue weighted by Gasteiger charge is -2.12. The summed E-state index contributed by atoms with van der Waals surface area (Å²) in [5.41, 5.74) is 6.32. The Hall–Kier alpha value is -3.26. The summed E-state index contributed by atoms with van der Waals surface area (Å²) in [4.78, 5) is 28.6. The number of carbonyl (C=O) groups excluding carboxylic acids is 2. The monoisotopic (exact) mass is 569 g/mol. The van der Waals surface area contributed by atoms with Crippen LogP contribution < -0.4 is 11.1 Å². The maximum atomic E-state index is 13.6. The van der Waals surface area contributed by atoms with E-state index in [-0.39, 0.29) is 39.3 Å². The van der Waals surface area contributed by atoms with Gasteiger partial charge in [0.15, 0.2) is 0 Å². The zero-order valence-corrected chi connectivity index (χ0v) is 21.1. The van der Waals surface area contributed by atoms with E-state index in [9.17, 15) is 22.8 Å². The molecule has 4 aromatic heterocycles. The van der Waals surface area contributed by atoms with E-state index in [2.05, 4.69) is 36.4 Å². The lowest BCUT2D eigenvalue weighted by Crippen LogP contribution is -2.18. The first-order valence-corrected chi connectivity index (χ1v) is 11.8. The molecule has 0 saturated carbocycles. The number of alkyl halides is 3. The SMILES string of the molecule is Cc1nn(CCC(=O)Nc2c(C(N)=O)sc3nc(C(F)(F)F)cc(-c4cnn(C)c4C)c23)cc1Br. The van der Waals surface area contributed by atoms with Crippen LogP contribution in [0.1, 0.15) is 33.2 Å². The fraction of sp³-hybridized carbons (Fsp3) is 0.286. The van der Waals surface area contributed by atoms with Crippen molar-refractivity contribution >= 4 is 55.0 Å². The minimum Gasteiger partial charge on any atom is -0.365 e. The lowest BCUT2D eigenvalue weighted by molar-refractivity contribution is -0.140. The van der Waals surface area contributed by atoms with Crippen LogP contribution in [-0.2, 0) is 24.6 Å². The maximum absolute atomic E-state index is 13.6. The highest BCUT2D eigenvalue weighted by Gasteiger charge is 2.35. The van der Waals surface area contributed by atoms with Gasteiger partial charge in [-0.3, -0.25) is 19.0 Å². The molecule has 0 saturated heterocycles. The molecule has 2 amide bonds. The Balaban J connectivity index is 1.82. The van der Waals surface area contributed by atoms with Crippen molar-refractivity contribution in [3.8, 4) is 11.1 Å². The number of primary amides is 1. The standard InChI is InChI=1S/C21H19BrF3N7O2S/c1-9-13(22)8-32(30-9)5-4-15(33)29-17-16-11(12-7-27-31(3)10(12)2)6-14(21(23,24)25)28-20(16)35-18(17)19(26)34/h6-8H,4-5H2,1-3H3,(H2,26,34)(H,29,33). The smallest absolute Gasteiger partial charge is 0.365 e. The van der Waals surface area contributed by atoms with Gasteiger partial charge in [-0.05, 0) is 41.4 Å². The minimum absolute atomic E-state index is 0.00157. The van der Waals surface area contributed by atoms with Crippen molar-refractivity contribution in [2.45, 2.75) is 33.0 Å². The first-order valence-electron chi connectivity index (χ1n) is 10.2. The molecule has 4 rings (SSSR count). The summed E-state index contributed by atoms with van der Waals surface area (Å²) >= 11 is 4.05. The Morgan fingerprint density at radius 2 is 1.97 bits per heavy atom. The molecule has 0 aromatic carbocycles. The van der Waals surface area contributed by atoms with E-state index in [0.29, 0.717) is 22.6 Å². The van der Waals surface area contributed by atoms with Crippen LogP contribution in [0.15, 0.2) is 22.9 Å². The molecule has 0 aliphatic carbocycles. The summed E-state index contributed by atoms with van der Waals surface area (Å²) in [5, 5.41) is 11.3. The Morgan fingerprint density at radius 1 is 1.26 bits per heavy atom. The number of rotatable bonds is 6. The van der Waals surface area contributed by atoms with E-state index in [4.69, 9.17) is 5.73 Å². The Labute approximate surface area is 209 Å². The molecule has 35 heavy (non-hydrogen) atoms. The van der Waals surface area contributed by atoms with Gasteiger partial charge in [-0.1, -0.05) is 0 Å². The Bertz CT molecular complexity index is 1450. The van der Waals surface area contributed by atoms with Gasteiger partial charge >= 0.3 is 6.18 Å².